The lowest BCUT2D eigenvalue weighted by molar-refractivity contribution is -0.0129. The van der Waals surface area contributed by atoms with Crippen molar-refractivity contribution in [3.63, 3.8) is 0 Å². The van der Waals surface area contributed by atoms with Gasteiger partial charge in [-0.1, -0.05) is 0 Å². The van der Waals surface area contributed by atoms with Gasteiger partial charge in [0.25, 0.3) is 5.91 Å². The topological polar surface area (TPSA) is 78.3 Å². The number of hydrogen-bond donors (Lipinski definition) is 2. The standard InChI is InChI=1S/C20H19FN6O/c1-26-11-20(21,12-26)10-24-19(28)16-9-25-27-6-4-13(7-17(16)27)15-8-23-18-14(15)3-2-5-22-18/h2-9H,10-12H2,1H3,(H,22,23)(H,24,28). The molecule has 1 aliphatic heterocycles. The summed E-state index contributed by atoms with van der Waals surface area (Å²) < 4.78 is 16.0. The monoisotopic (exact) mass is 378 g/mol. The van der Waals surface area contributed by atoms with Crippen LogP contribution in [0.2, 0.25) is 0 Å². The molecule has 1 fully saturated rings. The second-order valence-electron chi connectivity index (χ2n) is 7.41. The van der Waals surface area contributed by atoms with Crippen molar-refractivity contribution in [3.8, 4) is 11.1 Å². The van der Waals surface area contributed by atoms with Gasteiger partial charge in [0.15, 0.2) is 5.67 Å². The molecule has 0 unspecified atom stereocenters. The van der Waals surface area contributed by atoms with Crippen LogP contribution in [0.15, 0.2) is 49.1 Å². The molecule has 0 bridgehead atoms. The number of rotatable bonds is 4. The molecule has 5 heterocycles. The highest BCUT2D eigenvalue weighted by molar-refractivity contribution is 6.02. The number of carbonyl (C=O) groups excluding carboxylic acids is 1. The van der Waals surface area contributed by atoms with Gasteiger partial charge in [-0.25, -0.2) is 13.9 Å². The molecular weight excluding hydrogens is 359 g/mol. The molecule has 0 saturated carbocycles. The fourth-order valence-electron chi connectivity index (χ4n) is 3.88. The Kier molecular flexibility index (Phi) is 3.70. The molecule has 0 spiro atoms. The number of nitrogens with zero attached hydrogens (tertiary/aromatic N) is 4. The molecule has 8 heteroatoms. The van der Waals surface area contributed by atoms with Crippen molar-refractivity contribution in [2.75, 3.05) is 26.7 Å². The van der Waals surface area contributed by atoms with E-state index in [4.69, 9.17) is 0 Å². The Balaban J connectivity index is 1.46. The van der Waals surface area contributed by atoms with Crippen molar-refractivity contribution in [2.24, 2.45) is 0 Å². The van der Waals surface area contributed by atoms with E-state index >= 15 is 0 Å². The van der Waals surface area contributed by atoms with E-state index in [1.807, 2.05) is 48.6 Å². The Morgan fingerprint density at radius 1 is 1.39 bits per heavy atom. The zero-order chi connectivity index (χ0) is 19.3. The molecule has 0 aliphatic carbocycles. The van der Waals surface area contributed by atoms with Crippen molar-refractivity contribution in [1.29, 1.82) is 0 Å². The van der Waals surface area contributed by atoms with Gasteiger partial charge in [0.05, 0.1) is 23.8 Å². The highest BCUT2D eigenvalue weighted by atomic mass is 19.1. The number of nitrogens with one attached hydrogen (secondary N) is 2. The minimum absolute atomic E-state index is 0.00131. The number of pyridine rings is 2. The maximum absolute atomic E-state index is 14.4. The zero-order valence-electron chi connectivity index (χ0n) is 15.3. The van der Waals surface area contributed by atoms with Gasteiger partial charge in [-0.05, 0) is 36.9 Å². The third kappa shape index (κ3) is 2.73. The SMILES string of the molecule is CN1CC(F)(CNC(=O)c2cnn3ccc(-c4c[nH]c5ncccc45)cc23)C1. The average molecular weight is 378 g/mol. The molecule has 7 nitrogen and oxygen atoms in total. The maximum atomic E-state index is 14.4. The van der Waals surface area contributed by atoms with Gasteiger partial charge < -0.3 is 10.3 Å². The van der Waals surface area contributed by atoms with E-state index in [0.29, 0.717) is 24.2 Å². The average Bonchev–Trinajstić information content (AvgIpc) is 3.28. The highest BCUT2D eigenvalue weighted by Gasteiger charge is 2.41. The molecule has 0 atom stereocenters. The summed E-state index contributed by atoms with van der Waals surface area (Å²) in [4.78, 5) is 22.0. The molecule has 5 rings (SSSR count). The van der Waals surface area contributed by atoms with Crippen molar-refractivity contribution in [2.45, 2.75) is 5.67 Å². The van der Waals surface area contributed by atoms with Gasteiger partial charge in [0, 0.05) is 42.6 Å². The van der Waals surface area contributed by atoms with Crippen LogP contribution in [0.25, 0.3) is 27.7 Å². The van der Waals surface area contributed by atoms with Crippen molar-refractivity contribution in [3.05, 3.63) is 54.6 Å². The van der Waals surface area contributed by atoms with Crippen LogP contribution in [0.4, 0.5) is 4.39 Å². The van der Waals surface area contributed by atoms with Crippen molar-refractivity contribution in [1.82, 2.24) is 29.8 Å². The lowest BCUT2D eigenvalue weighted by Gasteiger charge is -2.42. The van der Waals surface area contributed by atoms with Gasteiger partial charge in [0.2, 0.25) is 0 Å². The Hall–Kier alpha value is -3.26. The second-order valence-corrected chi connectivity index (χ2v) is 7.41. The smallest absolute Gasteiger partial charge is 0.255 e. The fraction of sp³-hybridized carbons (Fsp3) is 0.250. The third-order valence-corrected chi connectivity index (χ3v) is 5.20. The first-order chi connectivity index (χ1) is 13.5. The van der Waals surface area contributed by atoms with Crippen molar-refractivity contribution < 1.29 is 9.18 Å². The number of hydrogen-bond acceptors (Lipinski definition) is 4. The molecule has 1 aliphatic rings. The molecule has 4 aromatic heterocycles. The Morgan fingerprint density at radius 2 is 2.25 bits per heavy atom. The van der Waals surface area contributed by atoms with Gasteiger partial charge in [-0.2, -0.15) is 5.10 Å². The number of carbonyl (C=O) groups is 1. The third-order valence-electron chi connectivity index (χ3n) is 5.20. The summed E-state index contributed by atoms with van der Waals surface area (Å²) in [6, 6.07) is 7.75. The number of amides is 1. The number of fused-ring (bicyclic) bond motifs is 2. The van der Waals surface area contributed by atoms with Crippen LogP contribution in [0.5, 0.6) is 0 Å². The van der Waals surface area contributed by atoms with E-state index in [2.05, 4.69) is 20.4 Å². The van der Waals surface area contributed by atoms with E-state index < -0.39 is 5.67 Å². The summed E-state index contributed by atoms with van der Waals surface area (Å²) in [6.45, 7) is 0.670. The summed E-state index contributed by atoms with van der Waals surface area (Å²) in [7, 11) is 1.85. The molecule has 1 saturated heterocycles. The van der Waals surface area contributed by atoms with Crippen LogP contribution in [-0.4, -0.2) is 62.7 Å². The molecule has 0 radical (unpaired) electrons. The summed E-state index contributed by atoms with van der Waals surface area (Å²) >= 11 is 0. The van der Waals surface area contributed by atoms with E-state index in [0.717, 1.165) is 22.2 Å². The van der Waals surface area contributed by atoms with E-state index in [1.54, 1.807) is 10.7 Å². The first-order valence-corrected chi connectivity index (χ1v) is 9.08. The molecule has 4 aromatic rings. The van der Waals surface area contributed by atoms with E-state index in [-0.39, 0.29) is 12.5 Å². The van der Waals surface area contributed by atoms with Gasteiger partial charge in [-0.15, -0.1) is 0 Å². The predicted molar refractivity (Wildman–Crippen MR) is 104 cm³/mol. The minimum Gasteiger partial charge on any atom is -0.349 e. The van der Waals surface area contributed by atoms with Crippen LogP contribution in [0.1, 0.15) is 10.4 Å². The Morgan fingerprint density at radius 3 is 3.07 bits per heavy atom. The number of H-pyrrole nitrogens is 1. The van der Waals surface area contributed by atoms with Gasteiger partial charge in [0.1, 0.15) is 5.65 Å². The van der Waals surface area contributed by atoms with Crippen LogP contribution >= 0.6 is 0 Å². The van der Waals surface area contributed by atoms with Crippen LogP contribution in [-0.2, 0) is 0 Å². The lowest BCUT2D eigenvalue weighted by atomic mass is 9.97. The van der Waals surface area contributed by atoms with E-state index in [1.165, 1.54) is 6.20 Å². The number of aromatic nitrogens is 4. The van der Waals surface area contributed by atoms with E-state index in [9.17, 15) is 9.18 Å². The maximum Gasteiger partial charge on any atom is 0.255 e. The molecule has 1 amide bonds. The normalized spacial score (nSPS) is 16.4. The van der Waals surface area contributed by atoms with Crippen LogP contribution in [0.3, 0.4) is 0 Å². The minimum atomic E-state index is -1.35. The summed E-state index contributed by atoms with van der Waals surface area (Å²) in [6.07, 6.45) is 6.97. The first-order valence-electron chi connectivity index (χ1n) is 9.08. The largest absolute Gasteiger partial charge is 0.349 e. The zero-order valence-corrected chi connectivity index (χ0v) is 15.3. The fourth-order valence-corrected chi connectivity index (χ4v) is 3.88. The second kappa shape index (κ2) is 6.13. The van der Waals surface area contributed by atoms with Crippen LogP contribution in [0, 0.1) is 0 Å². The number of aromatic amines is 1. The Bertz CT molecular complexity index is 1190. The molecular formula is C20H19FN6O. The van der Waals surface area contributed by atoms with Gasteiger partial charge in [-0.3, -0.25) is 9.69 Å². The van der Waals surface area contributed by atoms with Gasteiger partial charge >= 0.3 is 0 Å². The predicted octanol–water partition coefficient (Wildman–Crippen LogP) is 2.26. The molecule has 2 N–H and O–H groups in total. The highest BCUT2D eigenvalue weighted by Crippen LogP contribution is 2.29. The lowest BCUT2D eigenvalue weighted by Crippen LogP contribution is -2.62. The number of halogens is 1. The Labute approximate surface area is 160 Å². The molecule has 0 aromatic carbocycles. The summed E-state index contributed by atoms with van der Waals surface area (Å²) in [5.41, 5.74) is 2.50. The molecule has 142 valence electrons. The van der Waals surface area contributed by atoms with Crippen LogP contribution < -0.4 is 5.32 Å². The number of alkyl halides is 1. The quantitative estimate of drug-likeness (QED) is 0.571. The first kappa shape index (κ1) is 16.9. The van der Waals surface area contributed by atoms with Crippen molar-refractivity contribution >= 4 is 22.5 Å². The summed E-state index contributed by atoms with van der Waals surface area (Å²) in [5, 5.41) is 7.97. The molecule has 28 heavy (non-hydrogen) atoms. The summed E-state index contributed by atoms with van der Waals surface area (Å²) in [5.74, 6) is -0.320. The number of likely N-dealkylation sites (tertiary alicyclic amines) is 1.